The summed E-state index contributed by atoms with van der Waals surface area (Å²) in [5, 5.41) is 4.19. The van der Waals surface area contributed by atoms with Crippen molar-refractivity contribution >= 4 is 70.4 Å². The Morgan fingerprint density at radius 3 is 0.941 bits per heavy atom. The van der Waals surface area contributed by atoms with E-state index < -0.39 is 20.9 Å². The van der Waals surface area contributed by atoms with Gasteiger partial charge in [0.15, 0.2) is 0 Å². The van der Waals surface area contributed by atoms with Gasteiger partial charge in [-0.25, -0.2) is 0 Å². The molecule has 0 heterocycles. The van der Waals surface area contributed by atoms with Gasteiger partial charge >= 0.3 is 80.0 Å². The molecule has 0 aliphatic carbocycles. The van der Waals surface area contributed by atoms with Crippen LogP contribution in [0.2, 0.25) is 0 Å². The van der Waals surface area contributed by atoms with E-state index in [4.69, 9.17) is 15.7 Å². The number of benzene rings is 4. The molecule has 178 valence electrons. The summed E-state index contributed by atoms with van der Waals surface area (Å²) in [7, 11) is -0.446. The molecule has 0 spiro atoms. The average Bonchev–Trinajstić information content (AvgIpc) is 2.76. The molecule has 0 aliphatic rings. The van der Waals surface area contributed by atoms with Gasteiger partial charge in [-0.15, -0.1) is 46.6 Å². The second kappa shape index (κ2) is 20.2. The molecule has 0 saturated carbocycles. The van der Waals surface area contributed by atoms with Crippen molar-refractivity contribution in [3.8, 4) is 0 Å². The number of thiol groups is 1. The standard InChI is InChI=1S/C18H15P.C6H6S.2BrH.K.Mn.H2O.3O.H/c1-4-10-16(11-5-1)19(17-12-6-2-7-13-17)18-14-8-3-9-15-18;7-6-4-2-1-3-5-6;;;;;;;;;/h1-15H;1-5,7H;2*1H;;;1H2;;;;/q;;;;2*+1;;;;;-1/p-1. The van der Waals surface area contributed by atoms with Crippen molar-refractivity contribution in [1.82, 2.24) is 0 Å². The van der Waals surface area contributed by atoms with Gasteiger partial charge in [0.25, 0.3) is 0 Å². The second-order valence-electron chi connectivity index (χ2n) is 6.07. The Labute approximate surface area is 274 Å². The SMILES string of the molecule is Br.Br.Sc1ccccc1.[H-].[K+].[O]=[Mn](=[O])(=[O])[OH].c1ccc(P(c2ccccc2)c2ccccc2)cc1. The van der Waals surface area contributed by atoms with Crippen LogP contribution in [0.3, 0.4) is 0 Å². The van der Waals surface area contributed by atoms with Crippen LogP contribution in [-0.2, 0) is 24.5 Å². The van der Waals surface area contributed by atoms with Gasteiger partial charge in [0.1, 0.15) is 0 Å². The van der Waals surface area contributed by atoms with Gasteiger partial charge in [-0.2, -0.15) is 0 Å². The fourth-order valence-corrected chi connectivity index (χ4v) is 5.08. The summed E-state index contributed by atoms with van der Waals surface area (Å²) in [5.41, 5.74) is 0. The van der Waals surface area contributed by atoms with Crippen molar-refractivity contribution in [2.45, 2.75) is 4.90 Å². The summed E-state index contributed by atoms with van der Waals surface area (Å²) in [5.74, 6) is 0. The number of hydrogen-bond acceptors (Lipinski definition) is 4. The van der Waals surface area contributed by atoms with Crippen LogP contribution in [0.4, 0.5) is 0 Å². The molecule has 4 aromatic rings. The largest absolute Gasteiger partial charge is 0.0622 e. The van der Waals surface area contributed by atoms with Gasteiger partial charge in [-0.3, -0.25) is 0 Å². The molecule has 4 aromatic carbocycles. The third kappa shape index (κ3) is 16.0. The first-order valence-corrected chi connectivity index (χ1v) is 12.9. The molecule has 0 bridgehead atoms. The zero-order chi connectivity index (χ0) is 22.5. The average molecular weight is 694 g/mol. The zero-order valence-corrected chi connectivity index (χ0v) is 27.8. The minimum Gasteiger partial charge on any atom is -0.0622 e. The maximum absolute atomic E-state index is 8.69. The van der Waals surface area contributed by atoms with E-state index in [2.05, 4.69) is 104 Å². The van der Waals surface area contributed by atoms with E-state index in [0.29, 0.717) is 0 Å². The van der Waals surface area contributed by atoms with Crippen LogP contribution in [-0.4, -0.2) is 4.19 Å². The summed E-state index contributed by atoms with van der Waals surface area (Å²) >= 11 is -1.29. The first-order chi connectivity index (χ1) is 14.8. The van der Waals surface area contributed by atoms with Gasteiger partial charge < -0.3 is 1.43 Å². The Hall–Kier alpha value is 0.136. The van der Waals surface area contributed by atoms with Crippen molar-refractivity contribution in [3.05, 3.63) is 121 Å². The van der Waals surface area contributed by atoms with E-state index in [9.17, 15) is 0 Å². The summed E-state index contributed by atoms with van der Waals surface area (Å²) < 4.78 is 33.1. The smallest absolute Gasteiger partial charge is 0.0134 e. The van der Waals surface area contributed by atoms with E-state index >= 15 is 0 Å². The molecular formula is C24H25Br2KMnO4PS. The van der Waals surface area contributed by atoms with E-state index in [1.165, 1.54) is 15.9 Å². The Balaban J connectivity index is -0.000000543. The van der Waals surface area contributed by atoms with Crippen LogP contribution < -0.4 is 67.3 Å². The van der Waals surface area contributed by atoms with Gasteiger partial charge in [0.2, 0.25) is 0 Å². The van der Waals surface area contributed by atoms with Gasteiger partial charge in [-0.05, 0) is 36.0 Å². The first-order valence-electron chi connectivity index (χ1n) is 9.17. The fraction of sp³-hybridized carbons (Fsp3) is 0. The van der Waals surface area contributed by atoms with E-state index in [1.807, 2.05) is 30.3 Å². The van der Waals surface area contributed by atoms with Crippen LogP contribution >= 0.6 is 54.5 Å². The molecule has 0 aliphatic heterocycles. The molecule has 0 atom stereocenters. The van der Waals surface area contributed by atoms with Crippen LogP contribution in [0.25, 0.3) is 0 Å². The summed E-state index contributed by atoms with van der Waals surface area (Å²) in [4.78, 5) is 1.02. The van der Waals surface area contributed by atoms with Crippen LogP contribution in [0.5, 0.6) is 0 Å². The van der Waals surface area contributed by atoms with Crippen molar-refractivity contribution in [2.24, 2.45) is 0 Å². The minimum atomic E-state index is -5.38. The molecule has 34 heavy (non-hydrogen) atoms. The molecule has 10 heteroatoms. The Morgan fingerprint density at radius 1 is 0.559 bits per heavy atom. The van der Waals surface area contributed by atoms with Crippen molar-refractivity contribution in [3.63, 3.8) is 0 Å². The zero-order valence-electron chi connectivity index (χ0n) is 19.3. The first kappa shape index (κ1) is 36.3. The molecule has 0 saturated heterocycles. The summed E-state index contributed by atoms with van der Waals surface area (Å²) in [6.07, 6.45) is 0. The monoisotopic (exact) mass is 692 g/mol. The molecule has 4 nitrogen and oxygen atoms in total. The van der Waals surface area contributed by atoms with Gasteiger partial charge in [0.05, 0.1) is 0 Å². The number of rotatable bonds is 3. The van der Waals surface area contributed by atoms with Crippen molar-refractivity contribution < 1.29 is 81.5 Å². The normalized spacial score (nSPS) is 9.38. The molecule has 0 aromatic heterocycles. The second-order valence-corrected chi connectivity index (χ2v) is 10.0. The predicted octanol–water partition coefficient (Wildman–Crippen LogP) is 2.78. The van der Waals surface area contributed by atoms with Crippen molar-refractivity contribution in [2.75, 3.05) is 0 Å². The maximum Gasteiger partial charge on any atom is -0.0134 e. The molecule has 4 rings (SSSR count). The summed E-state index contributed by atoms with van der Waals surface area (Å²) in [6.45, 7) is 0. The van der Waals surface area contributed by atoms with Crippen LogP contribution in [0.15, 0.2) is 126 Å². The molecule has 0 amide bonds. The molecular weight excluding hydrogens is 669 g/mol. The topological polar surface area (TPSA) is 71.4 Å². The predicted molar refractivity (Wildman–Crippen MR) is 145 cm³/mol. The van der Waals surface area contributed by atoms with Crippen LogP contribution in [0, 0.1) is 0 Å². The van der Waals surface area contributed by atoms with E-state index in [0.717, 1.165) is 4.90 Å². The number of halogens is 2. The number of hydrogen-bond donors (Lipinski definition) is 2. The van der Waals surface area contributed by atoms with Gasteiger partial charge in [-0.1, -0.05) is 109 Å². The minimum absolute atomic E-state index is 0. The maximum atomic E-state index is 8.69. The summed E-state index contributed by atoms with van der Waals surface area (Å²) in [6, 6.07) is 42.1. The molecule has 0 radical (unpaired) electrons. The van der Waals surface area contributed by atoms with Gasteiger partial charge in [0, 0.05) is 4.90 Å². The molecule has 0 unspecified atom stereocenters. The fourth-order valence-electron chi connectivity index (χ4n) is 2.61. The third-order valence-electron chi connectivity index (χ3n) is 3.80. The Morgan fingerprint density at radius 2 is 0.765 bits per heavy atom. The van der Waals surface area contributed by atoms with Crippen molar-refractivity contribution in [1.29, 1.82) is 0 Å². The quantitative estimate of drug-likeness (QED) is 0.197. The Bertz CT molecular complexity index is 1100. The third-order valence-corrected chi connectivity index (χ3v) is 6.54. The molecule has 0 fully saturated rings. The van der Waals surface area contributed by atoms with E-state index in [1.54, 1.807) is 0 Å². The van der Waals surface area contributed by atoms with E-state index in [-0.39, 0.29) is 86.8 Å². The Kier molecular flexibility index (Phi) is 21.6. The van der Waals surface area contributed by atoms with Crippen LogP contribution in [0.1, 0.15) is 1.43 Å². The molecule has 1 N–H and O–H groups in total.